The molecular formula is C10H9ClF3N3S. The molecule has 0 unspecified atom stereocenters. The van der Waals surface area contributed by atoms with Gasteiger partial charge in [0.1, 0.15) is 0 Å². The zero-order valence-corrected chi connectivity index (χ0v) is 10.9. The zero-order valence-electron chi connectivity index (χ0n) is 9.33. The largest absolute Gasteiger partial charge is 0.390 e. The maximum absolute atomic E-state index is 12.2. The Morgan fingerprint density at radius 2 is 2.11 bits per heavy atom. The number of aromatic nitrogens is 2. The number of rotatable bonds is 3. The molecule has 0 fully saturated rings. The van der Waals surface area contributed by atoms with E-state index >= 15 is 0 Å². The molecule has 18 heavy (non-hydrogen) atoms. The highest BCUT2D eigenvalue weighted by atomic mass is 35.5. The number of anilines is 1. The summed E-state index contributed by atoms with van der Waals surface area (Å²) in [6.07, 6.45) is -5.07. The molecule has 2 heterocycles. The molecule has 0 aliphatic rings. The topological polar surface area (TPSA) is 29.0 Å². The van der Waals surface area contributed by atoms with Crippen LogP contribution in [0.15, 0.2) is 11.4 Å². The molecule has 0 aliphatic carbocycles. The summed E-state index contributed by atoms with van der Waals surface area (Å²) in [5, 5.41) is 1.84. The van der Waals surface area contributed by atoms with Crippen molar-refractivity contribution in [2.45, 2.75) is 12.6 Å². The summed E-state index contributed by atoms with van der Waals surface area (Å²) in [5.74, 6) is 0.434. The summed E-state index contributed by atoms with van der Waals surface area (Å²) < 4.78 is 37.3. The van der Waals surface area contributed by atoms with Crippen molar-refractivity contribution in [2.75, 3.05) is 18.5 Å². The first kappa shape index (κ1) is 13.4. The van der Waals surface area contributed by atoms with E-state index in [4.69, 9.17) is 11.6 Å². The Morgan fingerprint density at radius 3 is 2.78 bits per heavy atom. The molecule has 0 spiro atoms. The summed E-state index contributed by atoms with van der Waals surface area (Å²) in [5.41, 5.74) is 0.647. The van der Waals surface area contributed by atoms with E-state index in [0.717, 1.165) is 4.70 Å². The molecular weight excluding hydrogens is 287 g/mol. The van der Waals surface area contributed by atoms with Gasteiger partial charge in [0.25, 0.3) is 0 Å². The first-order valence-electron chi connectivity index (χ1n) is 5.05. The third kappa shape index (κ3) is 3.02. The third-order valence-electron chi connectivity index (χ3n) is 2.35. The summed E-state index contributed by atoms with van der Waals surface area (Å²) in [4.78, 5) is 9.45. The number of alkyl halides is 3. The molecule has 2 rings (SSSR count). The van der Waals surface area contributed by atoms with Crippen LogP contribution in [-0.4, -0.2) is 29.7 Å². The van der Waals surface area contributed by atoms with E-state index in [9.17, 15) is 13.2 Å². The van der Waals surface area contributed by atoms with Crippen molar-refractivity contribution in [3.8, 4) is 0 Å². The Kier molecular flexibility index (Phi) is 3.63. The van der Waals surface area contributed by atoms with Gasteiger partial charge in [-0.1, -0.05) is 0 Å². The lowest BCUT2D eigenvalue weighted by atomic mass is 10.3. The number of fused-ring (bicyclic) bond motifs is 1. The smallest absolute Gasteiger partial charge is 0.358 e. The first-order chi connectivity index (χ1) is 8.37. The van der Waals surface area contributed by atoms with Crippen LogP contribution in [0.1, 0.15) is 6.42 Å². The van der Waals surface area contributed by atoms with E-state index in [2.05, 4.69) is 9.97 Å². The molecule has 8 heteroatoms. The standard InChI is InChI=1S/C10H9ClF3N3S/c1-17(4-3-10(12,13)14)8-7-6(2-5-18-7)15-9(11)16-8/h2,5H,3-4H2,1H3. The predicted octanol–water partition coefficient (Wildman–Crippen LogP) is 3.73. The molecule has 0 saturated carbocycles. The van der Waals surface area contributed by atoms with Gasteiger partial charge in [-0.3, -0.25) is 0 Å². The van der Waals surface area contributed by atoms with E-state index in [0.29, 0.717) is 11.3 Å². The van der Waals surface area contributed by atoms with Gasteiger partial charge in [0.15, 0.2) is 5.82 Å². The van der Waals surface area contributed by atoms with Gasteiger partial charge in [0, 0.05) is 13.6 Å². The van der Waals surface area contributed by atoms with Crippen LogP contribution in [0.25, 0.3) is 10.2 Å². The van der Waals surface area contributed by atoms with E-state index in [-0.39, 0.29) is 11.8 Å². The fourth-order valence-corrected chi connectivity index (χ4v) is 2.52. The van der Waals surface area contributed by atoms with Crippen molar-refractivity contribution in [1.29, 1.82) is 0 Å². The molecule has 0 amide bonds. The summed E-state index contributed by atoms with van der Waals surface area (Å²) >= 11 is 7.13. The van der Waals surface area contributed by atoms with Crippen LogP contribution in [0.5, 0.6) is 0 Å². The van der Waals surface area contributed by atoms with Gasteiger partial charge in [-0.2, -0.15) is 18.2 Å². The molecule has 2 aromatic rings. The lowest BCUT2D eigenvalue weighted by Crippen LogP contribution is -2.25. The molecule has 0 radical (unpaired) electrons. The lowest BCUT2D eigenvalue weighted by molar-refractivity contribution is -0.132. The SMILES string of the molecule is CN(CCC(F)(F)F)c1nc(Cl)nc2ccsc12. The van der Waals surface area contributed by atoms with Crippen molar-refractivity contribution in [3.05, 3.63) is 16.7 Å². The van der Waals surface area contributed by atoms with Crippen molar-refractivity contribution < 1.29 is 13.2 Å². The summed E-state index contributed by atoms with van der Waals surface area (Å²) in [6, 6.07) is 1.76. The molecule has 98 valence electrons. The molecule has 0 aromatic carbocycles. The molecule has 0 aliphatic heterocycles. The van der Waals surface area contributed by atoms with E-state index in [1.807, 2.05) is 0 Å². The molecule has 3 nitrogen and oxygen atoms in total. The summed E-state index contributed by atoms with van der Waals surface area (Å²) in [7, 11) is 1.56. The van der Waals surface area contributed by atoms with Gasteiger partial charge in [0.2, 0.25) is 5.28 Å². The zero-order chi connectivity index (χ0) is 13.3. The first-order valence-corrected chi connectivity index (χ1v) is 6.31. The number of hydrogen-bond donors (Lipinski definition) is 0. The highest BCUT2D eigenvalue weighted by Crippen LogP contribution is 2.30. The van der Waals surface area contributed by atoms with Gasteiger partial charge in [-0.25, -0.2) is 4.98 Å². The second-order valence-electron chi connectivity index (χ2n) is 3.74. The quantitative estimate of drug-likeness (QED) is 0.808. The Morgan fingerprint density at radius 1 is 1.39 bits per heavy atom. The number of halogens is 4. The van der Waals surface area contributed by atoms with Crippen molar-refractivity contribution in [2.24, 2.45) is 0 Å². The Bertz CT molecular complexity index is 555. The highest BCUT2D eigenvalue weighted by Gasteiger charge is 2.27. The predicted molar refractivity (Wildman–Crippen MR) is 66.4 cm³/mol. The minimum Gasteiger partial charge on any atom is -0.358 e. The fraction of sp³-hybridized carbons (Fsp3) is 0.400. The van der Waals surface area contributed by atoms with Crippen molar-refractivity contribution in [1.82, 2.24) is 9.97 Å². The van der Waals surface area contributed by atoms with Gasteiger partial charge >= 0.3 is 6.18 Å². The van der Waals surface area contributed by atoms with Crippen LogP contribution in [0.3, 0.4) is 0 Å². The van der Waals surface area contributed by atoms with Crippen molar-refractivity contribution >= 4 is 39.0 Å². The maximum atomic E-state index is 12.2. The normalized spacial score (nSPS) is 12.1. The molecule has 0 N–H and O–H groups in total. The molecule has 0 bridgehead atoms. The average Bonchev–Trinajstić information content (AvgIpc) is 2.71. The Labute approximate surface area is 110 Å². The van der Waals surface area contributed by atoms with Gasteiger partial charge in [0.05, 0.1) is 16.6 Å². The third-order valence-corrected chi connectivity index (χ3v) is 3.42. The lowest BCUT2D eigenvalue weighted by Gasteiger charge is -2.19. The molecule has 0 saturated heterocycles. The monoisotopic (exact) mass is 295 g/mol. The summed E-state index contributed by atoms with van der Waals surface area (Å²) in [6.45, 7) is -0.163. The number of nitrogens with zero attached hydrogens (tertiary/aromatic N) is 3. The minimum atomic E-state index is -4.18. The van der Waals surface area contributed by atoms with Crippen LogP contribution in [0, 0.1) is 0 Å². The van der Waals surface area contributed by atoms with Crippen LogP contribution in [0.2, 0.25) is 5.28 Å². The Balaban J connectivity index is 2.26. The van der Waals surface area contributed by atoms with Crippen molar-refractivity contribution in [3.63, 3.8) is 0 Å². The van der Waals surface area contributed by atoms with Gasteiger partial charge in [-0.15, -0.1) is 11.3 Å². The van der Waals surface area contributed by atoms with Gasteiger partial charge < -0.3 is 4.90 Å². The highest BCUT2D eigenvalue weighted by molar-refractivity contribution is 7.17. The van der Waals surface area contributed by atoms with Crippen LogP contribution in [0.4, 0.5) is 19.0 Å². The van der Waals surface area contributed by atoms with E-state index in [1.165, 1.54) is 16.2 Å². The fourth-order valence-electron chi connectivity index (χ4n) is 1.48. The van der Waals surface area contributed by atoms with Crippen LogP contribution in [-0.2, 0) is 0 Å². The maximum Gasteiger partial charge on any atom is 0.390 e. The number of thiophene rings is 1. The molecule has 0 atom stereocenters. The van der Waals surface area contributed by atoms with Gasteiger partial charge in [-0.05, 0) is 23.0 Å². The average molecular weight is 296 g/mol. The number of hydrogen-bond acceptors (Lipinski definition) is 4. The van der Waals surface area contributed by atoms with Crippen LogP contribution >= 0.6 is 22.9 Å². The van der Waals surface area contributed by atoms with E-state index < -0.39 is 12.6 Å². The molecule has 2 aromatic heterocycles. The van der Waals surface area contributed by atoms with Crippen LogP contribution < -0.4 is 4.90 Å². The van der Waals surface area contributed by atoms with E-state index in [1.54, 1.807) is 18.5 Å². The Hall–Kier alpha value is -1.08. The second-order valence-corrected chi connectivity index (χ2v) is 4.99. The minimum absolute atomic E-state index is 0.0368. The second kappa shape index (κ2) is 4.89.